The minimum atomic E-state index is -0.175. The molecule has 0 aliphatic heterocycles. The van der Waals surface area contributed by atoms with Crippen LogP contribution >= 0.6 is 0 Å². The lowest BCUT2D eigenvalue weighted by Gasteiger charge is -2.07. The Bertz CT molecular complexity index is 962. The maximum absolute atomic E-state index is 12.4. The summed E-state index contributed by atoms with van der Waals surface area (Å²) in [7, 11) is 1.84. The van der Waals surface area contributed by atoms with Crippen molar-refractivity contribution in [3.63, 3.8) is 0 Å². The van der Waals surface area contributed by atoms with Crippen molar-refractivity contribution in [1.82, 2.24) is 14.3 Å². The second kappa shape index (κ2) is 5.17. The summed E-state index contributed by atoms with van der Waals surface area (Å²) < 4.78 is 8.90. The summed E-state index contributed by atoms with van der Waals surface area (Å²) in [6.45, 7) is 0. The summed E-state index contributed by atoms with van der Waals surface area (Å²) in [5.41, 5.74) is 3.81. The SMILES string of the molecule is Cn1c(C(=O)Nc2ccc(-n3cccn3)cc2)cc2occc21. The molecule has 0 aliphatic carbocycles. The number of aryl methyl sites for hydroxylation is 1. The van der Waals surface area contributed by atoms with Crippen molar-refractivity contribution in [2.75, 3.05) is 5.32 Å². The van der Waals surface area contributed by atoms with Gasteiger partial charge in [0.1, 0.15) is 5.69 Å². The first-order valence-electron chi connectivity index (χ1n) is 7.17. The summed E-state index contributed by atoms with van der Waals surface area (Å²) in [6, 6.07) is 12.9. The molecule has 4 aromatic rings. The number of hydrogen-bond acceptors (Lipinski definition) is 3. The molecule has 1 aromatic carbocycles. The van der Waals surface area contributed by atoms with Gasteiger partial charge in [0.25, 0.3) is 5.91 Å². The zero-order valence-electron chi connectivity index (χ0n) is 12.4. The molecule has 114 valence electrons. The predicted molar refractivity (Wildman–Crippen MR) is 86.7 cm³/mol. The Morgan fingerprint density at radius 1 is 1.22 bits per heavy atom. The first-order valence-corrected chi connectivity index (χ1v) is 7.17. The molecule has 0 saturated carbocycles. The minimum absolute atomic E-state index is 0.175. The van der Waals surface area contributed by atoms with Gasteiger partial charge in [0.05, 0.1) is 17.5 Å². The van der Waals surface area contributed by atoms with Gasteiger partial charge in [0, 0.05) is 37.3 Å². The maximum atomic E-state index is 12.4. The van der Waals surface area contributed by atoms with Gasteiger partial charge < -0.3 is 14.3 Å². The van der Waals surface area contributed by atoms with Crippen LogP contribution in [0.5, 0.6) is 0 Å². The van der Waals surface area contributed by atoms with Crippen LogP contribution in [0.4, 0.5) is 5.69 Å². The Labute approximate surface area is 131 Å². The van der Waals surface area contributed by atoms with E-state index in [1.54, 1.807) is 23.2 Å². The second-order valence-corrected chi connectivity index (χ2v) is 5.21. The Hall–Kier alpha value is -3.28. The fourth-order valence-electron chi connectivity index (χ4n) is 2.58. The molecule has 0 atom stereocenters. The number of aromatic nitrogens is 3. The maximum Gasteiger partial charge on any atom is 0.272 e. The average molecular weight is 306 g/mol. The first-order chi connectivity index (χ1) is 11.2. The second-order valence-electron chi connectivity index (χ2n) is 5.21. The number of rotatable bonds is 3. The molecule has 1 N–H and O–H groups in total. The van der Waals surface area contributed by atoms with Crippen LogP contribution in [0.1, 0.15) is 10.5 Å². The number of furan rings is 1. The van der Waals surface area contributed by atoms with Crippen LogP contribution < -0.4 is 5.32 Å². The van der Waals surface area contributed by atoms with E-state index in [9.17, 15) is 4.79 Å². The highest BCUT2D eigenvalue weighted by atomic mass is 16.3. The highest BCUT2D eigenvalue weighted by molar-refractivity contribution is 6.05. The highest BCUT2D eigenvalue weighted by Crippen LogP contribution is 2.21. The van der Waals surface area contributed by atoms with Gasteiger partial charge in [-0.2, -0.15) is 5.10 Å². The molecule has 6 nitrogen and oxygen atoms in total. The molecule has 0 unspecified atom stereocenters. The van der Waals surface area contributed by atoms with E-state index in [1.165, 1.54) is 0 Å². The van der Waals surface area contributed by atoms with E-state index in [-0.39, 0.29) is 5.91 Å². The lowest BCUT2D eigenvalue weighted by Crippen LogP contribution is -2.15. The van der Waals surface area contributed by atoms with Gasteiger partial charge in [-0.3, -0.25) is 4.79 Å². The fraction of sp³-hybridized carbons (Fsp3) is 0.0588. The molecule has 0 saturated heterocycles. The smallest absolute Gasteiger partial charge is 0.272 e. The largest absolute Gasteiger partial charge is 0.463 e. The van der Waals surface area contributed by atoms with Crippen LogP contribution in [0.3, 0.4) is 0 Å². The molecule has 0 aliphatic rings. The zero-order valence-corrected chi connectivity index (χ0v) is 12.4. The van der Waals surface area contributed by atoms with E-state index in [0.717, 1.165) is 16.9 Å². The van der Waals surface area contributed by atoms with Gasteiger partial charge in [-0.1, -0.05) is 0 Å². The van der Waals surface area contributed by atoms with Crippen LogP contribution in [0.15, 0.2) is 65.5 Å². The molecule has 3 aromatic heterocycles. The quantitative estimate of drug-likeness (QED) is 0.632. The van der Waals surface area contributed by atoms with Crippen molar-refractivity contribution in [3.8, 4) is 5.69 Å². The number of anilines is 1. The van der Waals surface area contributed by atoms with E-state index >= 15 is 0 Å². The van der Waals surface area contributed by atoms with Gasteiger partial charge in [-0.25, -0.2) is 4.68 Å². The Balaban J connectivity index is 1.56. The number of benzene rings is 1. The van der Waals surface area contributed by atoms with Crippen LogP contribution in [0, 0.1) is 0 Å². The Morgan fingerprint density at radius 2 is 2.04 bits per heavy atom. The van der Waals surface area contributed by atoms with Crippen molar-refractivity contribution < 1.29 is 9.21 Å². The standard InChI is InChI=1S/C17H14N4O2/c1-20-14-7-10-23-16(14)11-15(20)17(22)19-12-3-5-13(6-4-12)21-9-2-8-18-21/h2-11H,1H3,(H,19,22). The first kappa shape index (κ1) is 13.4. The molecule has 0 fully saturated rings. The van der Waals surface area contributed by atoms with Gasteiger partial charge in [0.2, 0.25) is 0 Å². The minimum Gasteiger partial charge on any atom is -0.463 e. The third kappa shape index (κ3) is 2.30. The molecular weight excluding hydrogens is 292 g/mol. The molecule has 1 amide bonds. The van der Waals surface area contributed by atoms with Gasteiger partial charge in [-0.15, -0.1) is 0 Å². The van der Waals surface area contributed by atoms with E-state index < -0.39 is 0 Å². The van der Waals surface area contributed by atoms with Crippen LogP contribution in [-0.4, -0.2) is 20.3 Å². The highest BCUT2D eigenvalue weighted by Gasteiger charge is 2.15. The number of nitrogens with one attached hydrogen (secondary N) is 1. The van der Waals surface area contributed by atoms with E-state index in [1.807, 2.05) is 54.2 Å². The molecule has 0 bridgehead atoms. The number of carbonyl (C=O) groups is 1. The molecule has 0 radical (unpaired) electrons. The fourth-order valence-corrected chi connectivity index (χ4v) is 2.58. The Kier molecular flexibility index (Phi) is 3.01. The lowest BCUT2D eigenvalue weighted by atomic mass is 10.2. The summed E-state index contributed by atoms with van der Waals surface area (Å²) in [5, 5.41) is 7.06. The molecule has 3 heterocycles. The molecule has 23 heavy (non-hydrogen) atoms. The van der Waals surface area contributed by atoms with Crippen molar-refractivity contribution in [3.05, 3.63) is 66.8 Å². The number of amides is 1. The third-order valence-corrected chi connectivity index (χ3v) is 3.79. The molecule has 6 heteroatoms. The number of nitrogens with zero attached hydrogens (tertiary/aromatic N) is 3. The number of fused-ring (bicyclic) bond motifs is 1. The van der Waals surface area contributed by atoms with Gasteiger partial charge in [-0.05, 0) is 30.3 Å². The van der Waals surface area contributed by atoms with Crippen molar-refractivity contribution in [2.45, 2.75) is 0 Å². The summed E-state index contributed by atoms with van der Waals surface area (Å²) >= 11 is 0. The lowest BCUT2D eigenvalue weighted by molar-refractivity contribution is 0.101. The molecular formula is C17H14N4O2. The van der Waals surface area contributed by atoms with Gasteiger partial charge >= 0.3 is 0 Å². The van der Waals surface area contributed by atoms with E-state index in [2.05, 4.69) is 10.4 Å². The monoisotopic (exact) mass is 306 g/mol. The zero-order chi connectivity index (χ0) is 15.8. The van der Waals surface area contributed by atoms with Crippen LogP contribution in [0.25, 0.3) is 16.8 Å². The average Bonchev–Trinajstić information content (AvgIpc) is 3.27. The topological polar surface area (TPSA) is 65.0 Å². The predicted octanol–water partition coefficient (Wildman–Crippen LogP) is 3.21. The van der Waals surface area contributed by atoms with E-state index in [0.29, 0.717) is 11.3 Å². The summed E-state index contributed by atoms with van der Waals surface area (Å²) in [4.78, 5) is 12.4. The normalized spacial score (nSPS) is 11.0. The summed E-state index contributed by atoms with van der Waals surface area (Å²) in [5.74, 6) is -0.175. The van der Waals surface area contributed by atoms with Crippen LogP contribution in [0.2, 0.25) is 0 Å². The van der Waals surface area contributed by atoms with Crippen LogP contribution in [-0.2, 0) is 7.05 Å². The third-order valence-electron chi connectivity index (χ3n) is 3.79. The van der Waals surface area contributed by atoms with E-state index in [4.69, 9.17) is 4.42 Å². The van der Waals surface area contributed by atoms with Crippen molar-refractivity contribution in [2.24, 2.45) is 7.05 Å². The molecule has 4 rings (SSSR count). The van der Waals surface area contributed by atoms with Crippen molar-refractivity contribution in [1.29, 1.82) is 0 Å². The summed E-state index contributed by atoms with van der Waals surface area (Å²) in [6.07, 6.45) is 5.20. The molecule has 0 spiro atoms. The van der Waals surface area contributed by atoms with Crippen molar-refractivity contribution >= 4 is 22.7 Å². The number of hydrogen-bond donors (Lipinski definition) is 1. The number of carbonyl (C=O) groups excluding carboxylic acids is 1. The Morgan fingerprint density at radius 3 is 2.74 bits per heavy atom. The van der Waals surface area contributed by atoms with Gasteiger partial charge in [0.15, 0.2) is 5.58 Å².